The number of amides is 1. The molecule has 0 radical (unpaired) electrons. The van der Waals surface area contributed by atoms with Crippen LogP contribution in [0.25, 0.3) is 10.2 Å². The van der Waals surface area contributed by atoms with Crippen LogP contribution >= 0.6 is 22.7 Å². The maximum absolute atomic E-state index is 12.9. The molecule has 0 aliphatic heterocycles. The molecule has 0 aliphatic rings. The Labute approximate surface area is 149 Å². The average molecular weight is 361 g/mol. The van der Waals surface area contributed by atoms with Gasteiger partial charge in [-0.05, 0) is 37.7 Å². The van der Waals surface area contributed by atoms with Crippen LogP contribution in [-0.4, -0.2) is 50.1 Å². The quantitative estimate of drug-likeness (QED) is 0.673. The van der Waals surface area contributed by atoms with Crippen LogP contribution in [0.4, 0.5) is 5.13 Å². The van der Waals surface area contributed by atoms with Crippen molar-refractivity contribution in [2.45, 2.75) is 0 Å². The number of thiophene rings is 1. The Morgan fingerprint density at radius 2 is 2.08 bits per heavy atom. The lowest BCUT2D eigenvalue weighted by Crippen LogP contribution is -2.36. The second-order valence-corrected chi connectivity index (χ2v) is 7.52. The fourth-order valence-corrected chi connectivity index (χ4v) is 3.90. The maximum atomic E-state index is 12.9. The fourth-order valence-electron chi connectivity index (χ4n) is 2.25. The van der Waals surface area contributed by atoms with Crippen molar-refractivity contribution in [3.05, 3.63) is 40.6 Å². The number of methoxy groups -OCH3 is 1. The lowest BCUT2D eigenvalue weighted by molar-refractivity contribution is 0.0989. The largest absolute Gasteiger partial charge is 0.497 e. The highest BCUT2D eigenvalue weighted by Crippen LogP contribution is 2.32. The predicted octanol–water partition coefficient (Wildman–Crippen LogP) is 3.57. The van der Waals surface area contributed by atoms with Gasteiger partial charge in [-0.2, -0.15) is 0 Å². The number of ether oxygens (including phenoxy) is 1. The van der Waals surface area contributed by atoms with E-state index in [1.165, 1.54) is 22.7 Å². The normalized spacial score (nSPS) is 11.2. The molecule has 0 saturated carbocycles. The summed E-state index contributed by atoms with van der Waals surface area (Å²) in [4.78, 5) is 22.1. The Morgan fingerprint density at radius 1 is 1.25 bits per heavy atom. The van der Waals surface area contributed by atoms with Crippen LogP contribution in [0.15, 0.2) is 35.7 Å². The second-order valence-electron chi connectivity index (χ2n) is 5.57. The van der Waals surface area contributed by atoms with Crippen LogP contribution in [-0.2, 0) is 0 Å². The number of anilines is 1. The highest BCUT2D eigenvalue weighted by Gasteiger charge is 2.22. The summed E-state index contributed by atoms with van der Waals surface area (Å²) in [6.45, 7) is 1.37. The van der Waals surface area contributed by atoms with Crippen molar-refractivity contribution >= 4 is 43.9 Å². The van der Waals surface area contributed by atoms with Gasteiger partial charge in [0.05, 0.1) is 22.2 Å². The highest BCUT2D eigenvalue weighted by atomic mass is 32.1. The van der Waals surface area contributed by atoms with E-state index < -0.39 is 0 Å². The number of rotatable bonds is 6. The van der Waals surface area contributed by atoms with Gasteiger partial charge in [0.1, 0.15) is 5.75 Å². The van der Waals surface area contributed by atoms with Gasteiger partial charge in [-0.25, -0.2) is 4.98 Å². The van der Waals surface area contributed by atoms with E-state index in [-0.39, 0.29) is 5.91 Å². The molecule has 0 spiro atoms. The van der Waals surface area contributed by atoms with Crippen LogP contribution in [0.1, 0.15) is 9.67 Å². The number of likely N-dealkylation sites (N-methyl/N-ethyl adjacent to an activating group) is 1. The average Bonchev–Trinajstić information content (AvgIpc) is 3.23. The molecule has 1 aromatic carbocycles. The molecule has 5 nitrogen and oxygen atoms in total. The van der Waals surface area contributed by atoms with Crippen molar-refractivity contribution < 1.29 is 9.53 Å². The SMILES string of the molecule is COc1ccc2sc(N(CCN(C)C)C(=O)c3cccs3)nc2c1. The van der Waals surface area contributed by atoms with Gasteiger partial charge < -0.3 is 9.64 Å². The Kier molecular flexibility index (Phi) is 5.13. The topological polar surface area (TPSA) is 45.7 Å². The summed E-state index contributed by atoms with van der Waals surface area (Å²) in [6.07, 6.45) is 0. The van der Waals surface area contributed by atoms with Gasteiger partial charge in [0.2, 0.25) is 0 Å². The van der Waals surface area contributed by atoms with E-state index in [1.807, 2.05) is 49.8 Å². The summed E-state index contributed by atoms with van der Waals surface area (Å²) < 4.78 is 6.30. The number of benzene rings is 1. The van der Waals surface area contributed by atoms with Gasteiger partial charge in [-0.3, -0.25) is 9.69 Å². The number of thiazole rings is 1. The minimum absolute atomic E-state index is 0.00197. The first-order chi connectivity index (χ1) is 11.6. The molecule has 0 unspecified atom stereocenters. The van der Waals surface area contributed by atoms with Crippen LogP contribution in [0, 0.1) is 0 Å². The molecule has 0 N–H and O–H groups in total. The van der Waals surface area contributed by atoms with Crippen LogP contribution in [0.3, 0.4) is 0 Å². The van der Waals surface area contributed by atoms with Crippen molar-refractivity contribution in [1.29, 1.82) is 0 Å². The van der Waals surface area contributed by atoms with Crippen molar-refractivity contribution in [2.24, 2.45) is 0 Å². The summed E-state index contributed by atoms with van der Waals surface area (Å²) in [5, 5.41) is 2.64. The molecule has 1 amide bonds. The summed E-state index contributed by atoms with van der Waals surface area (Å²) in [5.74, 6) is 0.765. The number of hydrogen-bond acceptors (Lipinski definition) is 6. The number of carbonyl (C=O) groups excluding carboxylic acids is 1. The molecule has 0 fully saturated rings. The molecule has 0 atom stereocenters. The van der Waals surface area contributed by atoms with Gasteiger partial charge in [0, 0.05) is 19.2 Å². The Hall–Kier alpha value is -1.96. The zero-order valence-electron chi connectivity index (χ0n) is 13.9. The zero-order valence-corrected chi connectivity index (χ0v) is 15.5. The van der Waals surface area contributed by atoms with Gasteiger partial charge in [-0.1, -0.05) is 17.4 Å². The molecule has 0 bridgehead atoms. The van der Waals surface area contributed by atoms with Gasteiger partial charge in [-0.15, -0.1) is 11.3 Å². The first-order valence-corrected chi connectivity index (χ1v) is 9.23. The van der Waals surface area contributed by atoms with Crippen molar-refractivity contribution in [3.8, 4) is 5.75 Å². The van der Waals surface area contributed by atoms with E-state index in [4.69, 9.17) is 4.74 Å². The number of nitrogens with zero attached hydrogens (tertiary/aromatic N) is 3. The lowest BCUT2D eigenvalue weighted by atomic mass is 10.3. The van der Waals surface area contributed by atoms with Crippen molar-refractivity contribution in [2.75, 3.05) is 39.2 Å². The lowest BCUT2D eigenvalue weighted by Gasteiger charge is -2.21. The van der Waals surface area contributed by atoms with E-state index in [0.717, 1.165) is 32.5 Å². The van der Waals surface area contributed by atoms with Crippen LogP contribution in [0.5, 0.6) is 5.75 Å². The van der Waals surface area contributed by atoms with Crippen LogP contribution < -0.4 is 9.64 Å². The molecular weight excluding hydrogens is 342 g/mol. The number of carbonyl (C=O) groups is 1. The Bertz CT molecular complexity index is 828. The summed E-state index contributed by atoms with van der Waals surface area (Å²) in [6, 6.07) is 9.54. The maximum Gasteiger partial charge on any atom is 0.270 e. The van der Waals surface area contributed by atoms with E-state index in [1.54, 1.807) is 12.0 Å². The fraction of sp³-hybridized carbons (Fsp3) is 0.294. The van der Waals surface area contributed by atoms with Gasteiger partial charge >= 0.3 is 0 Å². The third-order valence-electron chi connectivity index (χ3n) is 3.56. The monoisotopic (exact) mass is 361 g/mol. The van der Waals surface area contributed by atoms with E-state index in [0.29, 0.717) is 6.54 Å². The van der Waals surface area contributed by atoms with E-state index in [2.05, 4.69) is 9.88 Å². The summed E-state index contributed by atoms with van der Waals surface area (Å²) in [7, 11) is 5.63. The first-order valence-electron chi connectivity index (χ1n) is 7.53. The van der Waals surface area contributed by atoms with E-state index >= 15 is 0 Å². The standard InChI is InChI=1S/C17H19N3O2S2/c1-19(2)8-9-20(16(21)15-5-4-10-23-15)17-18-13-11-12(22-3)6-7-14(13)24-17/h4-7,10-11H,8-9H2,1-3H3. The second kappa shape index (κ2) is 7.29. The third-order valence-corrected chi connectivity index (χ3v) is 5.48. The molecule has 3 rings (SSSR count). The number of fused-ring (bicyclic) bond motifs is 1. The Balaban J connectivity index is 1.96. The number of aromatic nitrogens is 1. The molecule has 7 heteroatoms. The number of hydrogen-bond donors (Lipinski definition) is 0. The van der Waals surface area contributed by atoms with E-state index in [9.17, 15) is 4.79 Å². The molecule has 0 aliphatic carbocycles. The van der Waals surface area contributed by atoms with Crippen LogP contribution in [0.2, 0.25) is 0 Å². The molecule has 3 aromatic rings. The molecule has 126 valence electrons. The molecular formula is C17H19N3O2S2. The Morgan fingerprint density at radius 3 is 2.75 bits per heavy atom. The molecule has 2 heterocycles. The van der Waals surface area contributed by atoms with Gasteiger partial charge in [0.15, 0.2) is 5.13 Å². The molecule has 0 saturated heterocycles. The minimum Gasteiger partial charge on any atom is -0.497 e. The predicted molar refractivity (Wildman–Crippen MR) is 101 cm³/mol. The highest BCUT2D eigenvalue weighted by molar-refractivity contribution is 7.22. The third kappa shape index (κ3) is 3.58. The molecule has 24 heavy (non-hydrogen) atoms. The molecule has 2 aromatic heterocycles. The smallest absolute Gasteiger partial charge is 0.270 e. The zero-order chi connectivity index (χ0) is 17.1. The van der Waals surface area contributed by atoms with Crippen molar-refractivity contribution in [1.82, 2.24) is 9.88 Å². The van der Waals surface area contributed by atoms with Gasteiger partial charge in [0.25, 0.3) is 5.91 Å². The van der Waals surface area contributed by atoms with Crippen molar-refractivity contribution in [3.63, 3.8) is 0 Å². The summed E-state index contributed by atoms with van der Waals surface area (Å²) >= 11 is 2.98. The first kappa shape index (κ1) is 16.9. The summed E-state index contributed by atoms with van der Waals surface area (Å²) in [5.41, 5.74) is 0.850. The minimum atomic E-state index is -0.00197.